The van der Waals surface area contributed by atoms with Crippen LogP contribution in [0.15, 0.2) is 16.5 Å². The van der Waals surface area contributed by atoms with Gasteiger partial charge in [-0.05, 0) is 36.8 Å². The van der Waals surface area contributed by atoms with Crippen LogP contribution in [-0.2, 0) is 16.1 Å². The van der Waals surface area contributed by atoms with Crippen LogP contribution in [0, 0.1) is 5.41 Å². The Morgan fingerprint density at radius 3 is 2.58 bits per heavy atom. The van der Waals surface area contributed by atoms with Crippen LogP contribution in [0.5, 0.6) is 0 Å². The lowest BCUT2D eigenvalue weighted by atomic mass is 9.76. The van der Waals surface area contributed by atoms with Crippen molar-refractivity contribution in [2.45, 2.75) is 38.8 Å². The molecule has 8 heteroatoms. The molecule has 3 heterocycles. The standard InChI is InChI=1S/C18H25N3O5/c1-12(22)20-7-5-18(6-8-20)9-14(17(24)25)21(11-18)10-13-3-4-15(26-13)16(23)19-2/h3-4,14H,5-11H2,1-2H3,(H,19,23)(H,24,25)/t14-/m0/s1. The van der Waals surface area contributed by atoms with Crippen LogP contribution in [0.4, 0.5) is 0 Å². The molecular formula is C18H25N3O5. The lowest BCUT2D eigenvalue weighted by molar-refractivity contribution is -0.142. The highest BCUT2D eigenvalue weighted by Gasteiger charge is 2.48. The Morgan fingerprint density at radius 2 is 2.00 bits per heavy atom. The summed E-state index contributed by atoms with van der Waals surface area (Å²) in [6, 6.07) is 2.74. The van der Waals surface area contributed by atoms with Crippen molar-refractivity contribution in [3.63, 3.8) is 0 Å². The minimum absolute atomic E-state index is 0.0711. The molecule has 2 saturated heterocycles. The van der Waals surface area contributed by atoms with E-state index in [0.29, 0.717) is 38.4 Å². The second-order valence-corrected chi connectivity index (χ2v) is 7.31. The van der Waals surface area contributed by atoms with Crippen molar-refractivity contribution in [1.82, 2.24) is 15.1 Å². The average molecular weight is 363 g/mol. The highest BCUT2D eigenvalue weighted by molar-refractivity contribution is 5.91. The predicted octanol–water partition coefficient (Wildman–Crippen LogP) is 0.927. The molecular weight excluding hydrogens is 338 g/mol. The highest BCUT2D eigenvalue weighted by Crippen LogP contribution is 2.44. The first-order chi connectivity index (χ1) is 12.3. The van der Waals surface area contributed by atoms with E-state index in [4.69, 9.17) is 4.42 Å². The van der Waals surface area contributed by atoms with E-state index < -0.39 is 12.0 Å². The van der Waals surface area contributed by atoms with E-state index in [1.165, 1.54) is 7.05 Å². The Kier molecular flexibility index (Phi) is 5.04. The molecule has 2 N–H and O–H groups in total. The van der Waals surface area contributed by atoms with E-state index in [1.807, 2.05) is 9.80 Å². The Labute approximate surface area is 152 Å². The maximum atomic E-state index is 11.8. The summed E-state index contributed by atoms with van der Waals surface area (Å²) < 4.78 is 5.55. The van der Waals surface area contributed by atoms with Crippen LogP contribution in [-0.4, -0.2) is 65.4 Å². The summed E-state index contributed by atoms with van der Waals surface area (Å²) in [5.74, 6) is -0.276. The fourth-order valence-corrected chi connectivity index (χ4v) is 4.12. The number of hydrogen-bond donors (Lipinski definition) is 2. The fourth-order valence-electron chi connectivity index (χ4n) is 4.12. The third-order valence-corrected chi connectivity index (χ3v) is 5.63. The van der Waals surface area contributed by atoms with Crippen LogP contribution < -0.4 is 5.32 Å². The van der Waals surface area contributed by atoms with Gasteiger partial charge in [0.05, 0.1) is 6.54 Å². The summed E-state index contributed by atoms with van der Waals surface area (Å²) in [5, 5.41) is 12.1. The van der Waals surface area contributed by atoms with Crippen LogP contribution >= 0.6 is 0 Å². The number of nitrogens with zero attached hydrogens (tertiary/aromatic N) is 2. The van der Waals surface area contributed by atoms with Gasteiger partial charge in [0.15, 0.2) is 5.76 Å². The molecule has 26 heavy (non-hydrogen) atoms. The first-order valence-corrected chi connectivity index (χ1v) is 8.87. The second-order valence-electron chi connectivity index (χ2n) is 7.31. The molecule has 1 aromatic heterocycles. The van der Waals surface area contributed by atoms with Gasteiger partial charge >= 0.3 is 5.97 Å². The van der Waals surface area contributed by atoms with Crippen LogP contribution in [0.2, 0.25) is 0 Å². The van der Waals surface area contributed by atoms with Gasteiger partial charge in [0.2, 0.25) is 5.91 Å². The molecule has 0 aromatic carbocycles. The summed E-state index contributed by atoms with van der Waals surface area (Å²) in [6.07, 6.45) is 2.21. The van der Waals surface area contributed by atoms with Gasteiger partial charge in [-0.25, -0.2) is 0 Å². The average Bonchev–Trinajstić information content (AvgIpc) is 3.20. The van der Waals surface area contributed by atoms with Gasteiger partial charge in [-0.3, -0.25) is 19.3 Å². The van der Waals surface area contributed by atoms with Crippen LogP contribution in [0.1, 0.15) is 42.5 Å². The molecule has 2 aliphatic heterocycles. The lowest BCUT2D eigenvalue weighted by Gasteiger charge is -2.39. The molecule has 1 atom stereocenters. The minimum atomic E-state index is -0.839. The van der Waals surface area contributed by atoms with E-state index in [0.717, 1.165) is 12.8 Å². The SMILES string of the molecule is CNC(=O)c1ccc(CN2CC3(CCN(C(C)=O)CC3)C[C@H]2C(=O)O)o1. The van der Waals surface area contributed by atoms with Crippen molar-refractivity contribution in [1.29, 1.82) is 0 Å². The number of carboxylic acid groups (broad SMARTS) is 1. The number of carbonyl (C=O) groups is 3. The van der Waals surface area contributed by atoms with E-state index in [9.17, 15) is 19.5 Å². The third-order valence-electron chi connectivity index (χ3n) is 5.63. The van der Waals surface area contributed by atoms with Gasteiger partial charge < -0.3 is 19.7 Å². The van der Waals surface area contributed by atoms with Crippen molar-refractivity contribution < 1.29 is 23.9 Å². The number of amides is 2. The summed E-state index contributed by atoms with van der Waals surface area (Å²) in [6.45, 7) is 3.94. The largest absolute Gasteiger partial charge is 0.480 e. The summed E-state index contributed by atoms with van der Waals surface area (Å²) in [5.41, 5.74) is -0.0782. The molecule has 0 saturated carbocycles. The molecule has 2 amide bonds. The number of aliphatic carboxylic acids is 1. The van der Waals surface area contributed by atoms with Crippen LogP contribution in [0.3, 0.4) is 0 Å². The topological polar surface area (TPSA) is 103 Å². The number of carbonyl (C=O) groups excluding carboxylic acids is 2. The number of likely N-dealkylation sites (tertiary alicyclic amines) is 2. The number of hydrogen-bond acceptors (Lipinski definition) is 5. The minimum Gasteiger partial charge on any atom is -0.480 e. The molecule has 0 radical (unpaired) electrons. The van der Waals surface area contributed by atoms with Gasteiger partial charge in [0.1, 0.15) is 11.8 Å². The molecule has 2 fully saturated rings. The zero-order valence-electron chi connectivity index (χ0n) is 15.2. The van der Waals surface area contributed by atoms with Gasteiger partial charge in [0, 0.05) is 33.6 Å². The summed E-state index contributed by atoms with van der Waals surface area (Å²) in [4.78, 5) is 38.7. The van der Waals surface area contributed by atoms with Crippen molar-refractivity contribution >= 4 is 17.8 Å². The van der Waals surface area contributed by atoms with Crippen LogP contribution in [0.25, 0.3) is 0 Å². The summed E-state index contributed by atoms with van der Waals surface area (Å²) >= 11 is 0. The highest BCUT2D eigenvalue weighted by atomic mass is 16.4. The Bertz CT molecular complexity index is 705. The molecule has 3 rings (SSSR count). The lowest BCUT2D eigenvalue weighted by Crippen LogP contribution is -2.43. The fraction of sp³-hybridized carbons (Fsp3) is 0.611. The first kappa shape index (κ1) is 18.4. The summed E-state index contributed by atoms with van der Waals surface area (Å²) in [7, 11) is 1.53. The zero-order chi connectivity index (χ0) is 18.9. The number of piperidine rings is 1. The first-order valence-electron chi connectivity index (χ1n) is 8.87. The second kappa shape index (κ2) is 7.11. The van der Waals surface area contributed by atoms with E-state index in [2.05, 4.69) is 5.32 Å². The van der Waals surface area contributed by atoms with Crippen molar-refractivity contribution in [2.75, 3.05) is 26.7 Å². The maximum Gasteiger partial charge on any atom is 0.320 e. The zero-order valence-corrected chi connectivity index (χ0v) is 15.2. The Morgan fingerprint density at radius 1 is 1.31 bits per heavy atom. The number of furan rings is 1. The maximum absolute atomic E-state index is 11.8. The van der Waals surface area contributed by atoms with Crippen molar-refractivity contribution in [2.24, 2.45) is 5.41 Å². The van der Waals surface area contributed by atoms with Crippen molar-refractivity contribution in [3.8, 4) is 0 Å². The van der Waals surface area contributed by atoms with E-state index >= 15 is 0 Å². The Balaban J connectivity index is 1.70. The van der Waals surface area contributed by atoms with Gasteiger partial charge in [-0.1, -0.05) is 0 Å². The molecule has 1 aromatic rings. The molecule has 8 nitrogen and oxygen atoms in total. The smallest absolute Gasteiger partial charge is 0.320 e. The third kappa shape index (κ3) is 3.60. The molecule has 1 spiro atoms. The monoisotopic (exact) mass is 363 g/mol. The quantitative estimate of drug-likeness (QED) is 0.825. The van der Waals surface area contributed by atoms with E-state index in [1.54, 1.807) is 19.1 Å². The molecule has 0 aliphatic carbocycles. The van der Waals surface area contributed by atoms with Gasteiger partial charge in [-0.2, -0.15) is 0 Å². The van der Waals surface area contributed by atoms with Gasteiger partial charge in [-0.15, -0.1) is 0 Å². The molecule has 142 valence electrons. The van der Waals surface area contributed by atoms with Gasteiger partial charge in [0.25, 0.3) is 5.91 Å². The van der Waals surface area contributed by atoms with E-state index in [-0.39, 0.29) is 23.0 Å². The normalized spacial score (nSPS) is 22.5. The number of rotatable bonds is 4. The molecule has 2 aliphatic rings. The number of nitrogens with one attached hydrogen (secondary N) is 1. The van der Waals surface area contributed by atoms with Crippen molar-refractivity contribution in [3.05, 3.63) is 23.7 Å². The molecule has 0 unspecified atom stereocenters. The predicted molar refractivity (Wildman–Crippen MR) is 92.5 cm³/mol. The Hall–Kier alpha value is -2.35. The number of carboxylic acids is 1. The molecule has 0 bridgehead atoms.